The Morgan fingerprint density at radius 1 is 1.25 bits per heavy atom. The van der Waals surface area contributed by atoms with Gasteiger partial charge >= 0.3 is 0 Å². The summed E-state index contributed by atoms with van der Waals surface area (Å²) in [5.41, 5.74) is 8.40. The molecule has 0 aliphatic heterocycles. The number of anilines is 1. The third-order valence-electron chi connectivity index (χ3n) is 2.24. The van der Waals surface area contributed by atoms with E-state index in [1.807, 2.05) is 6.92 Å². The van der Waals surface area contributed by atoms with Crippen LogP contribution in [-0.4, -0.2) is 9.94 Å². The van der Waals surface area contributed by atoms with Gasteiger partial charge in [-0.15, -0.1) is 0 Å². The van der Waals surface area contributed by atoms with Gasteiger partial charge in [-0.05, 0) is 26.3 Å². The molecule has 0 saturated heterocycles. The molecule has 0 radical (unpaired) electrons. The van der Waals surface area contributed by atoms with Crippen LogP contribution >= 0.6 is 0 Å². The highest BCUT2D eigenvalue weighted by atomic mass is 16.5. The van der Waals surface area contributed by atoms with Crippen molar-refractivity contribution in [3.8, 4) is 0 Å². The van der Waals surface area contributed by atoms with E-state index < -0.39 is 0 Å². The summed E-state index contributed by atoms with van der Waals surface area (Å²) in [6.45, 7) is 5.27. The highest BCUT2D eigenvalue weighted by Crippen LogP contribution is 2.14. The number of nitrogens with zero attached hydrogens (tertiary/aromatic N) is 1. The van der Waals surface area contributed by atoms with E-state index in [-0.39, 0.29) is 5.49 Å². The summed E-state index contributed by atoms with van der Waals surface area (Å²) in [5.74, 6) is 0. The molecule has 0 aliphatic rings. The maximum Gasteiger partial charge on any atom is 0.165 e. The number of nitrogens with one attached hydrogen (secondary N) is 1. The molecule has 12 heavy (non-hydrogen) atoms. The molecule has 0 atom stereocenters. The molecular weight excluding hydrogens is 154 g/mol. The molecule has 0 saturated carbocycles. The van der Waals surface area contributed by atoms with Crippen LogP contribution in [0.2, 0.25) is 0 Å². The standard InChI is InChI=1S/C8H13N3O/c1-4-6(3)11(12)8(10)5(2)7(4)9/h10,12H,9H2,1-3H3. The highest BCUT2D eigenvalue weighted by molar-refractivity contribution is 5.52. The quantitative estimate of drug-likeness (QED) is 0.498. The van der Waals surface area contributed by atoms with Gasteiger partial charge in [-0.1, -0.05) is 0 Å². The normalized spacial score (nSPS) is 10.2. The zero-order chi connectivity index (χ0) is 9.46. The number of aromatic nitrogens is 1. The Morgan fingerprint density at radius 3 is 2.25 bits per heavy atom. The minimum atomic E-state index is 0.0515. The first kappa shape index (κ1) is 8.64. The van der Waals surface area contributed by atoms with E-state index in [4.69, 9.17) is 11.1 Å². The van der Waals surface area contributed by atoms with Crippen molar-refractivity contribution in [2.75, 3.05) is 5.73 Å². The smallest absolute Gasteiger partial charge is 0.165 e. The molecule has 4 N–H and O–H groups in total. The second-order valence-corrected chi connectivity index (χ2v) is 2.91. The van der Waals surface area contributed by atoms with Gasteiger partial charge in [0.1, 0.15) is 0 Å². The molecular formula is C8H13N3O. The summed E-state index contributed by atoms with van der Waals surface area (Å²) in [6, 6.07) is 0. The maximum absolute atomic E-state index is 9.37. The molecule has 0 spiro atoms. The number of hydrogen-bond donors (Lipinski definition) is 3. The molecule has 4 heteroatoms. The van der Waals surface area contributed by atoms with Crippen molar-refractivity contribution in [2.24, 2.45) is 0 Å². The van der Waals surface area contributed by atoms with E-state index in [0.717, 1.165) is 10.3 Å². The van der Waals surface area contributed by atoms with Crippen LogP contribution in [0, 0.1) is 26.2 Å². The highest BCUT2D eigenvalue weighted by Gasteiger charge is 2.07. The molecule has 0 unspecified atom stereocenters. The first-order valence-corrected chi connectivity index (χ1v) is 3.69. The molecule has 0 bridgehead atoms. The van der Waals surface area contributed by atoms with E-state index in [9.17, 15) is 5.21 Å². The molecule has 0 fully saturated rings. The SMILES string of the molecule is Cc1c(N)c(C)c(=N)n(O)c1C. The van der Waals surface area contributed by atoms with E-state index >= 15 is 0 Å². The van der Waals surface area contributed by atoms with Crippen LogP contribution in [0.5, 0.6) is 0 Å². The van der Waals surface area contributed by atoms with Gasteiger partial charge in [0, 0.05) is 11.3 Å². The average molecular weight is 167 g/mol. The van der Waals surface area contributed by atoms with E-state index in [1.165, 1.54) is 0 Å². The maximum atomic E-state index is 9.37. The summed E-state index contributed by atoms with van der Waals surface area (Å²) < 4.78 is 0.848. The number of hydrogen-bond acceptors (Lipinski definition) is 3. The summed E-state index contributed by atoms with van der Waals surface area (Å²) in [5, 5.41) is 16.8. The Labute approximate surface area is 70.7 Å². The molecule has 1 aromatic rings. The third kappa shape index (κ3) is 0.958. The van der Waals surface area contributed by atoms with E-state index in [0.29, 0.717) is 16.9 Å². The van der Waals surface area contributed by atoms with Crippen LogP contribution in [0.15, 0.2) is 0 Å². The van der Waals surface area contributed by atoms with Crippen LogP contribution in [0.3, 0.4) is 0 Å². The molecule has 4 nitrogen and oxygen atoms in total. The first-order valence-electron chi connectivity index (χ1n) is 3.69. The lowest BCUT2D eigenvalue weighted by Gasteiger charge is -2.11. The van der Waals surface area contributed by atoms with Crippen molar-refractivity contribution in [2.45, 2.75) is 20.8 Å². The van der Waals surface area contributed by atoms with E-state index in [1.54, 1.807) is 13.8 Å². The fraction of sp³-hybridized carbons (Fsp3) is 0.375. The van der Waals surface area contributed by atoms with Crippen molar-refractivity contribution in [1.29, 1.82) is 5.41 Å². The average Bonchev–Trinajstić information content (AvgIpc) is 2.08. The Hall–Kier alpha value is -1.45. The first-order chi connectivity index (χ1) is 5.46. The van der Waals surface area contributed by atoms with Crippen LogP contribution in [0.1, 0.15) is 16.8 Å². The summed E-state index contributed by atoms with van der Waals surface area (Å²) in [7, 11) is 0. The van der Waals surface area contributed by atoms with Gasteiger partial charge in [0.2, 0.25) is 0 Å². The third-order valence-corrected chi connectivity index (χ3v) is 2.24. The Morgan fingerprint density at radius 2 is 1.75 bits per heavy atom. The van der Waals surface area contributed by atoms with Crippen molar-refractivity contribution in [1.82, 2.24) is 4.73 Å². The van der Waals surface area contributed by atoms with Crippen molar-refractivity contribution in [3.63, 3.8) is 0 Å². The monoisotopic (exact) mass is 167 g/mol. The molecule has 0 amide bonds. The fourth-order valence-electron chi connectivity index (χ4n) is 1.09. The van der Waals surface area contributed by atoms with Gasteiger partial charge < -0.3 is 10.9 Å². The lowest BCUT2D eigenvalue weighted by atomic mass is 10.1. The zero-order valence-corrected chi connectivity index (χ0v) is 7.47. The molecule has 0 aromatic carbocycles. The molecule has 1 heterocycles. The molecule has 1 rings (SSSR count). The molecule has 0 aliphatic carbocycles. The number of rotatable bonds is 0. The van der Waals surface area contributed by atoms with Crippen LogP contribution < -0.4 is 11.2 Å². The van der Waals surface area contributed by atoms with Crippen molar-refractivity contribution >= 4 is 5.69 Å². The van der Waals surface area contributed by atoms with Crippen LogP contribution in [0.4, 0.5) is 5.69 Å². The number of nitrogens with two attached hydrogens (primary N) is 1. The Balaban J connectivity index is 3.73. The topological polar surface area (TPSA) is 75.0 Å². The number of nitrogen functional groups attached to an aromatic ring is 1. The van der Waals surface area contributed by atoms with Gasteiger partial charge in [-0.3, -0.25) is 5.41 Å². The Kier molecular flexibility index (Phi) is 1.84. The predicted octanol–water partition coefficient (Wildman–Crippen LogP) is 0.712. The van der Waals surface area contributed by atoms with E-state index in [2.05, 4.69) is 0 Å². The predicted molar refractivity (Wildman–Crippen MR) is 46.1 cm³/mol. The fourth-order valence-corrected chi connectivity index (χ4v) is 1.09. The minimum absolute atomic E-state index is 0.0515. The number of pyridine rings is 1. The summed E-state index contributed by atoms with van der Waals surface area (Å²) >= 11 is 0. The van der Waals surface area contributed by atoms with Crippen LogP contribution in [-0.2, 0) is 0 Å². The van der Waals surface area contributed by atoms with Gasteiger partial charge in [0.25, 0.3) is 0 Å². The Bertz CT molecular complexity index is 347. The lowest BCUT2D eigenvalue weighted by molar-refractivity contribution is 0.162. The molecule has 1 aromatic heterocycles. The largest absolute Gasteiger partial charge is 0.427 e. The van der Waals surface area contributed by atoms with Gasteiger partial charge in [0.15, 0.2) is 5.49 Å². The van der Waals surface area contributed by atoms with Gasteiger partial charge in [-0.25, -0.2) is 0 Å². The summed E-state index contributed by atoms with van der Waals surface area (Å²) in [6.07, 6.45) is 0. The van der Waals surface area contributed by atoms with Gasteiger partial charge in [0.05, 0.1) is 5.69 Å². The second-order valence-electron chi connectivity index (χ2n) is 2.91. The minimum Gasteiger partial charge on any atom is -0.427 e. The van der Waals surface area contributed by atoms with Gasteiger partial charge in [-0.2, -0.15) is 4.73 Å². The second kappa shape index (κ2) is 2.55. The van der Waals surface area contributed by atoms with Crippen molar-refractivity contribution in [3.05, 3.63) is 22.3 Å². The van der Waals surface area contributed by atoms with Crippen molar-refractivity contribution < 1.29 is 5.21 Å². The lowest BCUT2D eigenvalue weighted by Crippen LogP contribution is -2.25. The zero-order valence-electron chi connectivity index (χ0n) is 7.47. The van der Waals surface area contributed by atoms with Crippen LogP contribution in [0.25, 0.3) is 0 Å². The molecule has 66 valence electrons. The summed E-state index contributed by atoms with van der Waals surface area (Å²) in [4.78, 5) is 0.